The van der Waals surface area contributed by atoms with E-state index in [1.807, 2.05) is 32.0 Å². The van der Waals surface area contributed by atoms with Crippen LogP contribution in [-0.4, -0.2) is 24.5 Å². The molecule has 1 amide bonds. The molecule has 0 aliphatic rings. The van der Waals surface area contributed by atoms with E-state index < -0.39 is 17.8 Å². The van der Waals surface area contributed by atoms with Crippen molar-refractivity contribution >= 4 is 40.3 Å². The van der Waals surface area contributed by atoms with Gasteiger partial charge in [-0.15, -0.1) is 11.3 Å². The predicted octanol–water partition coefficient (Wildman–Crippen LogP) is 5.61. The monoisotopic (exact) mass is 488 g/mol. The summed E-state index contributed by atoms with van der Waals surface area (Å²) in [5, 5.41) is 12.5. The van der Waals surface area contributed by atoms with Crippen LogP contribution in [0.1, 0.15) is 49.2 Å². The number of aryl methyl sites for hydroxylation is 2. The number of esters is 2. The molecule has 1 N–H and O–H groups in total. The van der Waals surface area contributed by atoms with Gasteiger partial charge in [-0.25, -0.2) is 9.59 Å². The summed E-state index contributed by atoms with van der Waals surface area (Å²) in [7, 11) is 0. The van der Waals surface area contributed by atoms with Gasteiger partial charge in [0.05, 0.1) is 17.7 Å². The van der Waals surface area contributed by atoms with Gasteiger partial charge in [-0.05, 0) is 69.2 Å². The maximum Gasteiger partial charge on any atom is 0.343 e. The van der Waals surface area contributed by atoms with Crippen molar-refractivity contribution in [2.75, 3.05) is 11.9 Å². The molecule has 1 aromatic heterocycles. The number of nitrogens with one attached hydrogen (secondary N) is 1. The van der Waals surface area contributed by atoms with E-state index in [0.29, 0.717) is 27.4 Å². The maximum absolute atomic E-state index is 12.8. The van der Waals surface area contributed by atoms with Crippen molar-refractivity contribution in [3.63, 3.8) is 0 Å². The van der Waals surface area contributed by atoms with Crippen LogP contribution in [-0.2, 0) is 9.53 Å². The second kappa shape index (κ2) is 11.3. The minimum absolute atomic E-state index is 0.145. The number of nitriles is 1. The average Bonchev–Trinajstić information content (AvgIpc) is 3.11. The fraction of sp³-hybridized carbons (Fsp3) is 0.185. The highest BCUT2D eigenvalue weighted by Gasteiger charge is 2.23. The Labute approximate surface area is 207 Å². The van der Waals surface area contributed by atoms with E-state index >= 15 is 0 Å². The summed E-state index contributed by atoms with van der Waals surface area (Å²) in [6.07, 6.45) is 1.41. The number of amides is 1. The molecule has 0 aliphatic heterocycles. The first kappa shape index (κ1) is 25.4. The summed E-state index contributed by atoms with van der Waals surface area (Å²) < 4.78 is 10.5. The van der Waals surface area contributed by atoms with Crippen LogP contribution in [0.15, 0.2) is 54.1 Å². The van der Waals surface area contributed by atoms with Crippen LogP contribution < -0.4 is 10.1 Å². The molecule has 3 aromatic rings. The first-order valence-electron chi connectivity index (χ1n) is 10.8. The van der Waals surface area contributed by atoms with Crippen molar-refractivity contribution in [2.24, 2.45) is 0 Å². The lowest BCUT2D eigenvalue weighted by Crippen LogP contribution is -2.16. The third kappa shape index (κ3) is 6.22. The smallest absolute Gasteiger partial charge is 0.343 e. The quantitative estimate of drug-likeness (QED) is 0.200. The van der Waals surface area contributed by atoms with Gasteiger partial charge in [0.25, 0.3) is 5.91 Å². The van der Waals surface area contributed by atoms with Gasteiger partial charge in [0.15, 0.2) is 0 Å². The Morgan fingerprint density at radius 2 is 1.66 bits per heavy atom. The van der Waals surface area contributed by atoms with E-state index in [-0.39, 0.29) is 12.2 Å². The minimum atomic E-state index is -0.644. The Balaban J connectivity index is 1.74. The molecular formula is C27H24N2O5S. The van der Waals surface area contributed by atoms with E-state index in [9.17, 15) is 19.6 Å². The number of nitrogens with zero attached hydrogens (tertiary/aromatic N) is 1. The second-order valence-corrected chi connectivity index (χ2v) is 8.88. The van der Waals surface area contributed by atoms with Crippen LogP contribution in [0.3, 0.4) is 0 Å². The standard InChI is InChI=1S/C27H24N2O5S/c1-5-33-27(32)23-17(3)18(4)35-25(23)29-24(30)21(15-28)14-19-8-12-22(13-9-19)34-26(31)20-10-6-16(2)7-11-20/h6-14H,5H2,1-4H3,(H,29,30). The molecule has 7 nitrogen and oxygen atoms in total. The highest BCUT2D eigenvalue weighted by Crippen LogP contribution is 2.33. The summed E-state index contributed by atoms with van der Waals surface area (Å²) in [4.78, 5) is 38.3. The minimum Gasteiger partial charge on any atom is -0.462 e. The summed E-state index contributed by atoms with van der Waals surface area (Å²) in [5.41, 5.74) is 2.91. The molecule has 35 heavy (non-hydrogen) atoms. The van der Waals surface area contributed by atoms with Crippen molar-refractivity contribution in [2.45, 2.75) is 27.7 Å². The summed E-state index contributed by atoms with van der Waals surface area (Å²) in [6, 6.07) is 15.3. The summed E-state index contributed by atoms with van der Waals surface area (Å²) >= 11 is 1.25. The molecule has 0 unspecified atom stereocenters. The molecule has 0 saturated carbocycles. The van der Waals surface area contributed by atoms with Gasteiger partial charge >= 0.3 is 11.9 Å². The summed E-state index contributed by atoms with van der Waals surface area (Å²) in [5.74, 6) is -1.32. The molecule has 3 rings (SSSR count). The Bertz CT molecular complexity index is 1330. The molecule has 0 radical (unpaired) electrons. The highest BCUT2D eigenvalue weighted by atomic mass is 32.1. The largest absolute Gasteiger partial charge is 0.462 e. The molecule has 0 atom stereocenters. The SMILES string of the molecule is CCOC(=O)c1c(NC(=O)C(C#N)=Cc2ccc(OC(=O)c3ccc(C)cc3)cc2)sc(C)c1C. The van der Waals surface area contributed by atoms with Crippen molar-refractivity contribution in [1.29, 1.82) is 5.26 Å². The van der Waals surface area contributed by atoms with Gasteiger partial charge in [-0.1, -0.05) is 29.8 Å². The van der Waals surface area contributed by atoms with Crippen molar-refractivity contribution in [3.8, 4) is 11.8 Å². The lowest BCUT2D eigenvalue weighted by Gasteiger charge is -2.07. The van der Waals surface area contributed by atoms with Gasteiger partial charge < -0.3 is 14.8 Å². The highest BCUT2D eigenvalue weighted by molar-refractivity contribution is 7.16. The maximum atomic E-state index is 12.8. The first-order chi connectivity index (χ1) is 16.7. The Morgan fingerprint density at radius 1 is 1.00 bits per heavy atom. The molecule has 178 valence electrons. The predicted molar refractivity (Wildman–Crippen MR) is 135 cm³/mol. The lowest BCUT2D eigenvalue weighted by molar-refractivity contribution is -0.112. The van der Waals surface area contributed by atoms with E-state index in [2.05, 4.69) is 5.32 Å². The van der Waals surface area contributed by atoms with Crippen molar-refractivity contribution in [1.82, 2.24) is 0 Å². The van der Waals surface area contributed by atoms with Gasteiger partial charge in [0.2, 0.25) is 0 Å². The molecule has 8 heteroatoms. The van der Waals surface area contributed by atoms with Gasteiger partial charge in [-0.3, -0.25) is 4.79 Å². The van der Waals surface area contributed by atoms with Crippen LogP contribution in [0, 0.1) is 32.1 Å². The number of hydrogen-bond donors (Lipinski definition) is 1. The Kier molecular flexibility index (Phi) is 8.18. The van der Waals surface area contributed by atoms with Crippen LogP contribution in [0.25, 0.3) is 6.08 Å². The molecule has 0 aliphatic carbocycles. The molecule has 1 heterocycles. The number of benzene rings is 2. The van der Waals surface area contributed by atoms with Crippen LogP contribution >= 0.6 is 11.3 Å². The van der Waals surface area contributed by atoms with Gasteiger partial charge in [0, 0.05) is 4.88 Å². The van der Waals surface area contributed by atoms with E-state index in [1.54, 1.807) is 50.2 Å². The third-order valence-electron chi connectivity index (χ3n) is 5.15. The lowest BCUT2D eigenvalue weighted by atomic mass is 10.1. The molecule has 2 aromatic carbocycles. The number of ether oxygens (including phenoxy) is 2. The molecular weight excluding hydrogens is 464 g/mol. The Hall–Kier alpha value is -4.22. The molecule has 0 fully saturated rings. The van der Waals surface area contributed by atoms with Gasteiger partial charge in [0.1, 0.15) is 22.4 Å². The summed E-state index contributed by atoms with van der Waals surface area (Å²) in [6.45, 7) is 7.46. The van der Waals surface area contributed by atoms with E-state index in [4.69, 9.17) is 9.47 Å². The molecule has 0 bridgehead atoms. The molecule has 0 saturated heterocycles. The van der Waals surface area contributed by atoms with Gasteiger partial charge in [-0.2, -0.15) is 5.26 Å². The zero-order chi connectivity index (χ0) is 25.5. The number of anilines is 1. The fourth-order valence-electron chi connectivity index (χ4n) is 3.14. The van der Waals surface area contributed by atoms with Crippen molar-refractivity contribution in [3.05, 3.63) is 86.8 Å². The van der Waals surface area contributed by atoms with Crippen LogP contribution in [0.5, 0.6) is 5.75 Å². The fourth-order valence-corrected chi connectivity index (χ4v) is 4.18. The zero-order valence-electron chi connectivity index (χ0n) is 19.8. The van der Waals surface area contributed by atoms with Crippen LogP contribution in [0.2, 0.25) is 0 Å². The topological polar surface area (TPSA) is 105 Å². The third-order valence-corrected chi connectivity index (χ3v) is 6.27. The number of thiophene rings is 1. The second-order valence-electron chi connectivity index (χ2n) is 7.66. The number of carbonyl (C=O) groups excluding carboxylic acids is 3. The average molecular weight is 489 g/mol. The number of hydrogen-bond acceptors (Lipinski definition) is 7. The van der Waals surface area contributed by atoms with E-state index in [1.165, 1.54) is 17.4 Å². The molecule has 0 spiro atoms. The number of carbonyl (C=O) groups is 3. The van der Waals surface area contributed by atoms with Crippen molar-refractivity contribution < 1.29 is 23.9 Å². The Morgan fingerprint density at radius 3 is 2.26 bits per heavy atom. The number of rotatable bonds is 7. The normalized spacial score (nSPS) is 10.9. The first-order valence-corrected chi connectivity index (χ1v) is 11.6. The van der Waals surface area contributed by atoms with Crippen LogP contribution in [0.4, 0.5) is 5.00 Å². The van der Waals surface area contributed by atoms with E-state index in [0.717, 1.165) is 16.0 Å². The zero-order valence-corrected chi connectivity index (χ0v) is 20.6.